The zero-order chi connectivity index (χ0) is 15.5. The highest BCUT2D eigenvalue weighted by molar-refractivity contribution is 14.0. The number of hydrogen-bond acceptors (Lipinski definition) is 4. The first-order valence-corrected chi connectivity index (χ1v) is 7.72. The Morgan fingerprint density at radius 3 is 2.64 bits per heavy atom. The number of aromatic nitrogens is 1. The van der Waals surface area contributed by atoms with Crippen molar-refractivity contribution in [3.8, 4) is 0 Å². The second kappa shape index (κ2) is 12.7. The molecule has 2 N–H and O–H groups in total. The third-order valence-electron chi connectivity index (χ3n) is 3.38. The lowest BCUT2D eigenvalue weighted by atomic mass is 9.99. The molecule has 0 unspecified atom stereocenters. The molecular formula is C15H29IN4O2. The van der Waals surface area contributed by atoms with E-state index in [2.05, 4.69) is 34.6 Å². The first kappa shape index (κ1) is 21.2. The van der Waals surface area contributed by atoms with Gasteiger partial charge in [0.2, 0.25) is 0 Å². The van der Waals surface area contributed by atoms with E-state index in [1.54, 1.807) is 7.05 Å². The number of nitrogens with zero attached hydrogens (tertiary/aromatic N) is 2. The average Bonchev–Trinajstić information content (AvgIpc) is 2.97. The minimum atomic E-state index is 0. The number of halogens is 1. The number of guanidine groups is 1. The number of rotatable bonds is 9. The molecule has 0 bridgehead atoms. The van der Waals surface area contributed by atoms with Crippen molar-refractivity contribution >= 4 is 29.9 Å². The Balaban J connectivity index is 0.00000441. The molecule has 1 aromatic heterocycles. The summed E-state index contributed by atoms with van der Waals surface area (Å²) in [5, 5.41) is 10.5. The summed E-state index contributed by atoms with van der Waals surface area (Å²) in [4.78, 5) is 4.15. The van der Waals surface area contributed by atoms with Crippen LogP contribution in [0.25, 0.3) is 0 Å². The summed E-state index contributed by atoms with van der Waals surface area (Å²) in [6.07, 6.45) is 2.16. The summed E-state index contributed by atoms with van der Waals surface area (Å²) in [5.41, 5.74) is 1.04. The molecule has 0 radical (unpaired) electrons. The second-order valence-corrected chi connectivity index (χ2v) is 4.78. The highest BCUT2D eigenvalue weighted by Crippen LogP contribution is 2.22. The van der Waals surface area contributed by atoms with Crippen molar-refractivity contribution < 1.29 is 9.26 Å². The molecule has 6 nitrogen and oxygen atoms in total. The van der Waals surface area contributed by atoms with Gasteiger partial charge in [-0.2, -0.15) is 0 Å². The van der Waals surface area contributed by atoms with Crippen molar-refractivity contribution in [1.29, 1.82) is 0 Å². The van der Waals surface area contributed by atoms with Crippen LogP contribution in [0.1, 0.15) is 51.0 Å². The Hall–Kier alpha value is -0.830. The van der Waals surface area contributed by atoms with E-state index >= 15 is 0 Å². The van der Waals surface area contributed by atoms with E-state index in [1.165, 1.54) is 0 Å². The van der Waals surface area contributed by atoms with Gasteiger partial charge in [0.05, 0.1) is 18.8 Å². The molecule has 1 rings (SSSR count). The molecule has 22 heavy (non-hydrogen) atoms. The molecule has 0 aliphatic rings. The van der Waals surface area contributed by atoms with Gasteiger partial charge in [0, 0.05) is 32.2 Å². The Bertz CT molecular complexity index is 419. The van der Waals surface area contributed by atoms with Gasteiger partial charge in [-0.1, -0.05) is 19.0 Å². The predicted octanol–water partition coefficient (Wildman–Crippen LogP) is 2.90. The summed E-state index contributed by atoms with van der Waals surface area (Å²) in [5.74, 6) is 2.03. The summed E-state index contributed by atoms with van der Waals surface area (Å²) < 4.78 is 10.6. The molecule has 0 fully saturated rings. The van der Waals surface area contributed by atoms with Crippen LogP contribution < -0.4 is 10.6 Å². The molecule has 0 aliphatic heterocycles. The molecule has 1 heterocycles. The molecule has 128 valence electrons. The van der Waals surface area contributed by atoms with E-state index in [0.29, 0.717) is 19.1 Å². The highest BCUT2D eigenvalue weighted by atomic mass is 127. The lowest BCUT2D eigenvalue weighted by Gasteiger charge is -2.10. The monoisotopic (exact) mass is 424 g/mol. The molecule has 0 saturated heterocycles. The van der Waals surface area contributed by atoms with Gasteiger partial charge in [0.15, 0.2) is 11.7 Å². The van der Waals surface area contributed by atoms with Crippen LogP contribution >= 0.6 is 24.0 Å². The fraction of sp³-hybridized carbons (Fsp3) is 0.733. The molecule has 0 atom stereocenters. The normalized spacial score (nSPS) is 11.4. The smallest absolute Gasteiger partial charge is 0.191 e. The number of ether oxygens (including phenoxy) is 1. The minimum Gasteiger partial charge on any atom is -0.380 e. The van der Waals surface area contributed by atoms with Crippen molar-refractivity contribution in [2.24, 2.45) is 4.99 Å². The van der Waals surface area contributed by atoms with Gasteiger partial charge in [0.1, 0.15) is 0 Å². The van der Waals surface area contributed by atoms with Crippen LogP contribution in [-0.2, 0) is 11.3 Å². The summed E-state index contributed by atoms with van der Waals surface area (Å²) in [7, 11) is 1.74. The predicted molar refractivity (Wildman–Crippen MR) is 99.9 cm³/mol. The zero-order valence-electron chi connectivity index (χ0n) is 14.0. The Morgan fingerprint density at radius 2 is 2.05 bits per heavy atom. The average molecular weight is 424 g/mol. The Morgan fingerprint density at radius 1 is 1.32 bits per heavy atom. The van der Waals surface area contributed by atoms with E-state index in [1.807, 2.05) is 13.0 Å². The lowest BCUT2D eigenvalue weighted by molar-refractivity contribution is 0.152. The van der Waals surface area contributed by atoms with E-state index in [-0.39, 0.29) is 24.0 Å². The first-order chi connectivity index (χ1) is 10.2. The molecule has 7 heteroatoms. The van der Waals surface area contributed by atoms with Crippen molar-refractivity contribution in [2.75, 3.05) is 26.8 Å². The Labute approximate surface area is 150 Å². The van der Waals surface area contributed by atoms with Crippen LogP contribution in [0.3, 0.4) is 0 Å². The van der Waals surface area contributed by atoms with Gasteiger partial charge in [-0.3, -0.25) is 4.99 Å². The zero-order valence-corrected chi connectivity index (χ0v) is 16.3. The summed E-state index contributed by atoms with van der Waals surface area (Å²) in [6, 6.07) is 2.03. The topological polar surface area (TPSA) is 71.7 Å². The van der Waals surface area contributed by atoms with Crippen LogP contribution in [0.15, 0.2) is 15.6 Å². The maximum atomic E-state index is 5.37. The third kappa shape index (κ3) is 7.44. The fourth-order valence-corrected chi connectivity index (χ4v) is 2.09. The van der Waals surface area contributed by atoms with Crippen molar-refractivity contribution in [3.63, 3.8) is 0 Å². The highest BCUT2D eigenvalue weighted by Gasteiger charge is 2.12. The standard InChI is InChI=1S/C15H28N4O2.HI/c1-5-12(6-2)14-10-13(21-19-14)11-18-15(16-4)17-8-9-20-7-3;/h10,12H,5-9,11H2,1-4H3,(H2,16,17,18);1H. The first-order valence-electron chi connectivity index (χ1n) is 7.72. The van der Waals surface area contributed by atoms with E-state index in [0.717, 1.165) is 43.4 Å². The third-order valence-corrected chi connectivity index (χ3v) is 3.38. The maximum Gasteiger partial charge on any atom is 0.191 e. The number of aliphatic imine (C=N–C) groups is 1. The molecule has 0 amide bonds. The largest absolute Gasteiger partial charge is 0.380 e. The SMILES string of the molecule is CCOCCNC(=NC)NCc1cc(C(CC)CC)no1.I. The van der Waals surface area contributed by atoms with Gasteiger partial charge < -0.3 is 19.9 Å². The summed E-state index contributed by atoms with van der Waals surface area (Å²) >= 11 is 0. The molecular weight excluding hydrogens is 395 g/mol. The van der Waals surface area contributed by atoms with Gasteiger partial charge in [0.25, 0.3) is 0 Å². The van der Waals surface area contributed by atoms with Gasteiger partial charge in [-0.25, -0.2) is 0 Å². The van der Waals surface area contributed by atoms with Crippen molar-refractivity contribution in [3.05, 3.63) is 17.5 Å². The Kier molecular flexibility index (Phi) is 12.2. The molecule has 0 saturated carbocycles. The van der Waals surface area contributed by atoms with Gasteiger partial charge in [-0.05, 0) is 19.8 Å². The summed E-state index contributed by atoms with van der Waals surface area (Å²) in [6.45, 7) is 9.01. The molecule has 1 aromatic rings. The molecule has 0 aromatic carbocycles. The van der Waals surface area contributed by atoms with Crippen LogP contribution in [0.2, 0.25) is 0 Å². The quantitative estimate of drug-likeness (QED) is 0.276. The van der Waals surface area contributed by atoms with E-state index in [4.69, 9.17) is 9.26 Å². The van der Waals surface area contributed by atoms with Gasteiger partial charge in [-0.15, -0.1) is 24.0 Å². The second-order valence-electron chi connectivity index (χ2n) is 4.78. The minimum absolute atomic E-state index is 0. The van der Waals surface area contributed by atoms with Crippen molar-refractivity contribution in [2.45, 2.75) is 46.1 Å². The molecule has 0 spiro atoms. The van der Waals surface area contributed by atoms with E-state index < -0.39 is 0 Å². The fourth-order valence-electron chi connectivity index (χ4n) is 2.09. The van der Waals surface area contributed by atoms with Gasteiger partial charge >= 0.3 is 0 Å². The van der Waals surface area contributed by atoms with Crippen LogP contribution in [0.5, 0.6) is 0 Å². The number of nitrogens with one attached hydrogen (secondary N) is 2. The van der Waals surface area contributed by atoms with Crippen molar-refractivity contribution in [1.82, 2.24) is 15.8 Å². The van der Waals surface area contributed by atoms with Crippen LogP contribution in [0, 0.1) is 0 Å². The van der Waals surface area contributed by atoms with E-state index in [9.17, 15) is 0 Å². The van der Waals surface area contributed by atoms with Crippen LogP contribution in [-0.4, -0.2) is 37.9 Å². The molecule has 0 aliphatic carbocycles. The maximum absolute atomic E-state index is 5.37. The number of hydrogen-bond donors (Lipinski definition) is 2. The van der Waals surface area contributed by atoms with Crippen LogP contribution in [0.4, 0.5) is 0 Å². The lowest BCUT2D eigenvalue weighted by Crippen LogP contribution is -2.38.